The van der Waals surface area contributed by atoms with Gasteiger partial charge < -0.3 is 12.4 Å². The fourth-order valence-corrected chi connectivity index (χ4v) is 1.46. The smallest absolute Gasteiger partial charge is 0.288 e. The second kappa shape index (κ2) is 7.83. The van der Waals surface area contributed by atoms with E-state index in [1.165, 1.54) is 6.08 Å². The van der Waals surface area contributed by atoms with Crippen LogP contribution >= 0.6 is 0 Å². The Morgan fingerprint density at radius 3 is 2.14 bits per heavy atom. The molecule has 3 nitrogen and oxygen atoms in total. The summed E-state index contributed by atoms with van der Waals surface area (Å²) in [5.74, 6) is -0.0860. The molecule has 0 bridgehead atoms. The molecule has 84 valence electrons. The Labute approximate surface area is 93.1 Å². The Kier molecular flexibility index (Phi) is 8.89. The fourth-order valence-electron chi connectivity index (χ4n) is 1.46. The van der Waals surface area contributed by atoms with Crippen LogP contribution in [0.15, 0.2) is 12.7 Å². The Bertz CT molecular complexity index is 179. The summed E-state index contributed by atoms with van der Waals surface area (Å²) >= 11 is 0. The maximum atomic E-state index is 11.2. The maximum Gasteiger partial charge on any atom is 0.288 e. The highest BCUT2D eigenvalue weighted by Crippen LogP contribution is 2.02. The number of carbonyl (C=O) groups is 1. The summed E-state index contributed by atoms with van der Waals surface area (Å²) in [6, 6.07) is 0. The molecule has 0 rings (SSSR count). The molecule has 14 heavy (non-hydrogen) atoms. The van der Waals surface area contributed by atoms with E-state index >= 15 is 0 Å². The molecule has 0 aromatic carbocycles. The molecule has 0 aliphatic heterocycles. The Balaban J connectivity index is 0. The minimum absolute atomic E-state index is 0. The van der Waals surface area contributed by atoms with Gasteiger partial charge in [-0.3, -0.25) is 4.79 Å². The molecule has 0 spiro atoms. The van der Waals surface area contributed by atoms with Gasteiger partial charge in [-0.1, -0.05) is 13.5 Å². The molecule has 0 aliphatic carbocycles. The van der Waals surface area contributed by atoms with Crippen LogP contribution in [0.1, 0.15) is 27.2 Å². The lowest BCUT2D eigenvalue weighted by atomic mass is 10.3. The molecule has 0 heterocycles. The van der Waals surface area contributed by atoms with E-state index in [2.05, 4.69) is 32.8 Å². The zero-order valence-corrected chi connectivity index (χ0v) is 10.1. The van der Waals surface area contributed by atoms with Gasteiger partial charge in [0.05, 0.1) is 13.1 Å². The number of nitrogens with zero attached hydrogens (tertiary/aromatic N) is 1. The van der Waals surface area contributed by atoms with Gasteiger partial charge in [0.2, 0.25) is 0 Å². The standard InChI is InChI=1S/C10H20N2O.ClH/c1-5-9-12(7-3,8-4)11-10(13)6-2;/h6H,2,5,7-9H2,1,3-4H3;1H. The van der Waals surface area contributed by atoms with Crippen molar-refractivity contribution in [1.29, 1.82) is 0 Å². The number of nitrogens with one attached hydrogen (secondary N) is 1. The summed E-state index contributed by atoms with van der Waals surface area (Å²) in [5, 5.41) is 0. The third kappa shape index (κ3) is 4.63. The number of hydrogen-bond donors (Lipinski definition) is 1. The topological polar surface area (TPSA) is 29.1 Å². The van der Waals surface area contributed by atoms with E-state index in [1.54, 1.807) is 0 Å². The van der Waals surface area contributed by atoms with Crippen molar-refractivity contribution in [3.63, 3.8) is 0 Å². The maximum absolute atomic E-state index is 11.2. The van der Waals surface area contributed by atoms with Crippen LogP contribution in [-0.4, -0.2) is 30.1 Å². The van der Waals surface area contributed by atoms with E-state index in [9.17, 15) is 4.79 Å². The van der Waals surface area contributed by atoms with Crippen LogP contribution in [0.4, 0.5) is 0 Å². The van der Waals surface area contributed by atoms with Gasteiger partial charge in [0.1, 0.15) is 6.54 Å². The molecule has 0 radical (unpaired) electrons. The van der Waals surface area contributed by atoms with Crippen molar-refractivity contribution in [3.05, 3.63) is 12.7 Å². The average Bonchev–Trinajstić information content (AvgIpc) is 2.17. The van der Waals surface area contributed by atoms with Gasteiger partial charge in [-0.2, -0.15) is 5.43 Å². The first-order valence-corrected chi connectivity index (χ1v) is 4.94. The van der Waals surface area contributed by atoms with Crippen molar-refractivity contribution >= 4 is 5.91 Å². The van der Waals surface area contributed by atoms with Crippen molar-refractivity contribution in [3.8, 4) is 0 Å². The first-order chi connectivity index (χ1) is 6.14. The van der Waals surface area contributed by atoms with E-state index in [-0.39, 0.29) is 18.3 Å². The van der Waals surface area contributed by atoms with Crippen LogP contribution < -0.4 is 17.8 Å². The van der Waals surface area contributed by atoms with Crippen LogP contribution in [0.25, 0.3) is 0 Å². The monoisotopic (exact) mass is 220 g/mol. The lowest BCUT2D eigenvalue weighted by molar-refractivity contribution is -0.958. The number of halogens is 1. The van der Waals surface area contributed by atoms with Gasteiger partial charge in [-0.25, -0.2) is 4.59 Å². The quantitative estimate of drug-likeness (QED) is 0.329. The van der Waals surface area contributed by atoms with Gasteiger partial charge in [-0.05, 0) is 20.3 Å². The number of rotatable bonds is 6. The number of quaternary nitrogens is 1. The van der Waals surface area contributed by atoms with Crippen molar-refractivity contribution in [2.24, 2.45) is 0 Å². The second-order valence-electron chi connectivity index (χ2n) is 3.18. The van der Waals surface area contributed by atoms with Crippen molar-refractivity contribution < 1.29 is 21.8 Å². The molecule has 1 N–H and O–H groups in total. The fraction of sp³-hybridized carbons (Fsp3) is 0.700. The molecule has 0 aliphatic rings. The molecular formula is C10H21ClN2O. The minimum atomic E-state index is -0.0860. The molecule has 0 atom stereocenters. The number of amides is 1. The van der Waals surface area contributed by atoms with Gasteiger partial charge in [0, 0.05) is 6.08 Å². The molecule has 0 aromatic heterocycles. The number of hydrogen-bond acceptors (Lipinski definition) is 1. The second-order valence-corrected chi connectivity index (χ2v) is 3.18. The predicted molar refractivity (Wildman–Crippen MR) is 54.8 cm³/mol. The minimum Gasteiger partial charge on any atom is -1.00 e. The molecule has 0 saturated carbocycles. The Hall–Kier alpha value is -0.540. The normalized spacial score (nSPS) is 10.2. The van der Waals surface area contributed by atoms with E-state index in [0.717, 1.165) is 26.1 Å². The molecule has 1 amide bonds. The highest BCUT2D eigenvalue weighted by Gasteiger charge is 2.23. The van der Waals surface area contributed by atoms with E-state index in [4.69, 9.17) is 0 Å². The summed E-state index contributed by atoms with van der Waals surface area (Å²) in [7, 11) is 0. The van der Waals surface area contributed by atoms with Crippen molar-refractivity contribution in [2.75, 3.05) is 19.6 Å². The summed E-state index contributed by atoms with van der Waals surface area (Å²) in [6.07, 6.45) is 2.40. The summed E-state index contributed by atoms with van der Waals surface area (Å²) < 4.78 is 0.654. The third-order valence-electron chi connectivity index (χ3n) is 2.40. The van der Waals surface area contributed by atoms with Crippen LogP contribution in [0, 0.1) is 0 Å². The lowest BCUT2D eigenvalue weighted by Crippen LogP contribution is -3.00. The highest BCUT2D eigenvalue weighted by atomic mass is 35.5. The third-order valence-corrected chi connectivity index (χ3v) is 2.40. The van der Waals surface area contributed by atoms with Gasteiger partial charge in [0.25, 0.3) is 5.91 Å². The van der Waals surface area contributed by atoms with Gasteiger partial charge >= 0.3 is 0 Å². The van der Waals surface area contributed by atoms with Crippen LogP contribution in [0.3, 0.4) is 0 Å². The molecule has 0 fully saturated rings. The molecule has 0 aromatic rings. The molecular weight excluding hydrogens is 200 g/mol. The predicted octanol–water partition coefficient (Wildman–Crippen LogP) is -1.53. The molecule has 0 saturated heterocycles. The lowest BCUT2D eigenvalue weighted by Gasteiger charge is -2.35. The van der Waals surface area contributed by atoms with E-state index in [1.807, 2.05) is 0 Å². The SMILES string of the molecule is C=CC(=O)N[N+](CC)(CC)CCC.[Cl-]. The first kappa shape index (κ1) is 15.9. The molecule has 0 unspecified atom stereocenters. The van der Waals surface area contributed by atoms with Crippen LogP contribution in [0.2, 0.25) is 0 Å². The Morgan fingerprint density at radius 2 is 1.86 bits per heavy atom. The largest absolute Gasteiger partial charge is 1.00 e. The van der Waals surface area contributed by atoms with Gasteiger partial charge in [0.15, 0.2) is 0 Å². The van der Waals surface area contributed by atoms with Crippen molar-refractivity contribution in [2.45, 2.75) is 27.2 Å². The van der Waals surface area contributed by atoms with Crippen molar-refractivity contribution in [1.82, 2.24) is 5.43 Å². The summed E-state index contributed by atoms with van der Waals surface area (Å²) in [5.41, 5.74) is 2.96. The first-order valence-electron chi connectivity index (χ1n) is 4.94. The zero-order valence-electron chi connectivity index (χ0n) is 9.35. The summed E-state index contributed by atoms with van der Waals surface area (Å²) in [6.45, 7) is 12.6. The zero-order chi connectivity index (χ0) is 10.3. The van der Waals surface area contributed by atoms with Crippen LogP contribution in [-0.2, 0) is 4.79 Å². The Morgan fingerprint density at radius 1 is 1.36 bits per heavy atom. The highest BCUT2D eigenvalue weighted by molar-refractivity contribution is 5.85. The average molecular weight is 221 g/mol. The summed E-state index contributed by atoms with van der Waals surface area (Å²) in [4.78, 5) is 11.2. The van der Waals surface area contributed by atoms with E-state index < -0.39 is 0 Å². The number of carbonyl (C=O) groups excluding carboxylic acids is 1. The molecule has 4 heteroatoms. The van der Waals surface area contributed by atoms with Crippen LogP contribution in [0.5, 0.6) is 0 Å². The van der Waals surface area contributed by atoms with E-state index in [0.29, 0.717) is 4.59 Å². The van der Waals surface area contributed by atoms with Gasteiger partial charge in [-0.15, -0.1) is 0 Å².